The topological polar surface area (TPSA) is 118 Å². The molecular weight excluding hydrogens is 487 g/mol. The minimum absolute atomic E-state index is 0.174. The third-order valence-corrected chi connectivity index (χ3v) is 9.09. The molecule has 2 aliphatic carbocycles. The van der Waals surface area contributed by atoms with Crippen molar-refractivity contribution in [3.05, 3.63) is 10.6 Å². The molecule has 0 radical (unpaired) electrons. The monoisotopic (exact) mass is 526 g/mol. The number of alkyl halides is 1. The van der Waals surface area contributed by atoms with Gasteiger partial charge in [0.2, 0.25) is 17.6 Å². The summed E-state index contributed by atoms with van der Waals surface area (Å²) in [5.41, 5.74) is 1.38. The second-order valence-electron chi connectivity index (χ2n) is 11.8. The number of piperidine rings is 1. The summed E-state index contributed by atoms with van der Waals surface area (Å²) >= 11 is 0. The Morgan fingerprint density at radius 1 is 1.08 bits per heavy atom. The van der Waals surface area contributed by atoms with Gasteiger partial charge < -0.3 is 14.8 Å². The van der Waals surface area contributed by atoms with Crippen molar-refractivity contribution in [3.8, 4) is 11.6 Å². The van der Waals surface area contributed by atoms with Gasteiger partial charge >= 0.3 is 5.76 Å². The van der Waals surface area contributed by atoms with E-state index in [0.717, 1.165) is 49.7 Å². The summed E-state index contributed by atoms with van der Waals surface area (Å²) in [7, 11) is 0. The number of H-pyrrole nitrogens is 1. The molecule has 10 nitrogen and oxygen atoms in total. The van der Waals surface area contributed by atoms with Gasteiger partial charge in [-0.05, 0) is 69.6 Å². The van der Waals surface area contributed by atoms with Crippen molar-refractivity contribution in [3.63, 3.8) is 0 Å². The number of anilines is 2. The van der Waals surface area contributed by atoms with E-state index in [4.69, 9.17) is 19.5 Å². The summed E-state index contributed by atoms with van der Waals surface area (Å²) in [6.07, 6.45) is 11.3. The minimum Gasteiger partial charge on any atom is -0.365 e. The van der Waals surface area contributed by atoms with Crippen LogP contribution in [0.25, 0.3) is 22.8 Å². The molecule has 0 aromatic carbocycles. The normalized spacial score (nSPS) is 25.4. The Hall–Kier alpha value is -2.98. The van der Waals surface area contributed by atoms with Crippen molar-refractivity contribution in [2.45, 2.75) is 96.7 Å². The van der Waals surface area contributed by atoms with E-state index in [1.807, 2.05) is 0 Å². The van der Waals surface area contributed by atoms with E-state index in [2.05, 4.69) is 38.8 Å². The summed E-state index contributed by atoms with van der Waals surface area (Å²) in [4.78, 5) is 31.0. The molecule has 206 valence electrons. The maximum atomic E-state index is 14.2. The van der Waals surface area contributed by atoms with Crippen LogP contribution in [-0.2, 0) is 6.54 Å². The van der Waals surface area contributed by atoms with Gasteiger partial charge in [-0.25, -0.2) is 19.2 Å². The highest BCUT2D eigenvalue weighted by Crippen LogP contribution is 2.37. The Morgan fingerprint density at radius 2 is 1.89 bits per heavy atom. The molecule has 11 heteroatoms. The molecule has 1 saturated heterocycles. The van der Waals surface area contributed by atoms with Crippen molar-refractivity contribution in [2.24, 2.45) is 17.8 Å². The van der Waals surface area contributed by atoms with Gasteiger partial charge in [0.05, 0.1) is 6.04 Å². The molecule has 1 aliphatic heterocycles. The quantitative estimate of drug-likeness (QED) is 0.424. The predicted molar refractivity (Wildman–Crippen MR) is 144 cm³/mol. The molecule has 2 N–H and O–H groups in total. The van der Waals surface area contributed by atoms with Gasteiger partial charge in [-0.1, -0.05) is 31.3 Å². The van der Waals surface area contributed by atoms with Crippen LogP contribution in [0.1, 0.15) is 78.1 Å². The van der Waals surface area contributed by atoms with Crippen molar-refractivity contribution in [2.75, 3.05) is 23.4 Å². The van der Waals surface area contributed by atoms with Crippen LogP contribution < -0.4 is 16.0 Å². The molecule has 3 aromatic heterocycles. The highest BCUT2D eigenvalue weighted by molar-refractivity contribution is 5.87. The lowest BCUT2D eigenvalue weighted by atomic mass is 9.80. The van der Waals surface area contributed by atoms with Crippen LogP contribution in [0.3, 0.4) is 0 Å². The van der Waals surface area contributed by atoms with E-state index in [-0.39, 0.29) is 23.7 Å². The molecule has 2 saturated carbocycles. The maximum Gasteiger partial charge on any atom is 0.439 e. The van der Waals surface area contributed by atoms with E-state index in [1.165, 1.54) is 44.9 Å². The average molecular weight is 527 g/mol. The van der Waals surface area contributed by atoms with Gasteiger partial charge in [0.15, 0.2) is 11.5 Å². The van der Waals surface area contributed by atoms with Crippen LogP contribution >= 0.6 is 0 Å². The van der Waals surface area contributed by atoms with Gasteiger partial charge in [-0.2, -0.15) is 4.98 Å². The Bertz CT molecular complexity index is 1310. The number of nitrogens with one attached hydrogen (secondary N) is 2. The van der Waals surface area contributed by atoms with Gasteiger partial charge in [0.1, 0.15) is 12.2 Å². The Morgan fingerprint density at radius 3 is 2.58 bits per heavy atom. The molecule has 2 atom stereocenters. The van der Waals surface area contributed by atoms with Gasteiger partial charge in [0, 0.05) is 19.1 Å². The van der Waals surface area contributed by atoms with Crippen molar-refractivity contribution in [1.82, 2.24) is 29.7 Å². The molecule has 6 rings (SSSR count). The largest absolute Gasteiger partial charge is 0.439 e. The maximum absolute atomic E-state index is 14.2. The number of rotatable bonds is 8. The first-order valence-corrected chi connectivity index (χ1v) is 14.4. The number of halogens is 1. The smallest absolute Gasteiger partial charge is 0.365 e. The number of hydrogen-bond acceptors (Lipinski definition) is 8. The first kappa shape index (κ1) is 25.3. The molecule has 3 fully saturated rings. The van der Waals surface area contributed by atoms with Crippen molar-refractivity contribution in [1.29, 1.82) is 0 Å². The lowest BCUT2D eigenvalue weighted by molar-refractivity contribution is 0.265. The van der Waals surface area contributed by atoms with Crippen LogP contribution in [-0.4, -0.2) is 55.0 Å². The lowest BCUT2D eigenvalue weighted by Crippen LogP contribution is -2.42. The lowest BCUT2D eigenvalue weighted by Gasteiger charge is -2.36. The second kappa shape index (κ2) is 10.6. The highest BCUT2D eigenvalue weighted by Gasteiger charge is 2.32. The summed E-state index contributed by atoms with van der Waals surface area (Å²) in [5.74, 6) is 3.12. The third kappa shape index (κ3) is 4.91. The van der Waals surface area contributed by atoms with Crippen LogP contribution in [0, 0.1) is 17.8 Å². The average Bonchev–Trinajstić information content (AvgIpc) is 3.48. The molecule has 0 bridgehead atoms. The third-order valence-electron chi connectivity index (χ3n) is 9.09. The van der Waals surface area contributed by atoms with Crippen LogP contribution in [0.4, 0.5) is 16.2 Å². The summed E-state index contributed by atoms with van der Waals surface area (Å²) in [6, 6.07) is 0.0392. The van der Waals surface area contributed by atoms with E-state index in [0.29, 0.717) is 23.3 Å². The fourth-order valence-corrected chi connectivity index (χ4v) is 6.42. The molecule has 3 aromatic rings. The molecule has 0 spiro atoms. The van der Waals surface area contributed by atoms with Crippen LogP contribution in [0.15, 0.2) is 9.32 Å². The summed E-state index contributed by atoms with van der Waals surface area (Å²) in [5, 5.41) is 7.51. The first-order valence-electron chi connectivity index (χ1n) is 14.4. The van der Waals surface area contributed by atoms with Crippen LogP contribution in [0.2, 0.25) is 0 Å². The second-order valence-corrected chi connectivity index (χ2v) is 11.8. The van der Waals surface area contributed by atoms with Gasteiger partial charge in [-0.3, -0.25) is 9.51 Å². The molecule has 4 heterocycles. The summed E-state index contributed by atoms with van der Waals surface area (Å²) < 4.78 is 21.2. The Kier molecular flexibility index (Phi) is 7.09. The fourth-order valence-electron chi connectivity index (χ4n) is 6.42. The van der Waals surface area contributed by atoms with E-state index >= 15 is 0 Å². The van der Waals surface area contributed by atoms with E-state index < -0.39 is 12.4 Å². The molecule has 1 unspecified atom stereocenters. The number of fused-ring (bicyclic) bond motifs is 1. The standard InChI is InChI=1S/C27H39FN8O2/c1-16-9-11-18(12-10-16)15-36-21-22(29-17(2)19-6-5-7-19)30-24(25-33-27(37)38-34-25)31-23(21)32-26(36)35-13-4-3-8-20(35)14-28/h16-20H,3-15H2,1-2H3,(H,29,30,31)(H,33,34,37)/t16-,17-,18-,20?/m1/s1. The Balaban J connectivity index is 1.49. The van der Waals surface area contributed by atoms with E-state index in [9.17, 15) is 9.18 Å². The van der Waals surface area contributed by atoms with E-state index in [1.54, 1.807) is 0 Å². The predicted octanol–water partition coefficient (Wildman–Crippen LogP) is 4.92. The fraction of sp³-hybridized carbons (Fsp3) is 0.741. The van der Waals surface area contributed by atoms with Crippen molar-refractivity contribution >= 4 is 22.9 Å². The number of imidazole rings is 1. The zero-order chi connectivity index (χ0) is 26.2. The first-order chi connectivity index (χ1) is 18.5. The molecule has 0 amide bonds. The van der Waals surface area contributed by atoms with Crippen molar-refractivity contribution < 1.29 is 8.91 Å². The number of nitrogens with zero attached hydrogens (tertiary/aromatic N) is 6. The molecule has 3 aliphatic rings. The minimum atomic E-state index is -0.655. The molecule has 38 heavy (non-hydrogen) atoms. The number of hydrogen-bond donors (Lipinski definition) is 2. The highest BCUT2D eigenvalue weighted by atomic mass is 19.1. The zero-order valence-corrected chi connectivity index (χ0v) is 22.5. The number of aromatic amines is 1. The zero-order valence-electron chi connectivity index (χ0n) is 22.5. The van der Waals surface area contributed by atoms with Crippen LogP contribution in [0.5, 0.6) is 0 Å². The van der Waals surface area contributed by atoms with Gasteiger partial charge in [0.25, 0.3) is 0 Å². The SMILES string of the molecule is C[C@@H](Nc1nc(-c2noc(=O)[nH]2)nc2nc(N3CCCCC3CF)n(C[C@H]3CC[C@H](C)CC3)c12)C1CCC1. The number of aromatic nitrogens is 6. The van der Waals surface area contributed by atoms with Gasteiger partial charge in [-0.15, -0.1) is 0 Å². The Labute approximate surface area is 221 Å². The molecular formula is C27H39FN8O2. The summed E-state index contributed by atoms with van der Waals surface area (Å²) in [6.45, 7) is 5.72.